The van der Waals surface area contributed by atoms with Crippen LogP contribution in [0.5, 0.6) is 5.75 Å². The first-order valence-corrected chi connectivity index (χ1v) is 5.28. The molecule has 1 fully saturated rings. The van der Waals surface area contributed by atoms with E-state index < -0.39 is 0 Å². The van der Waals surface area contributed by atoms with Crippen LogP contribution in [-0.2, 0) is 4.74 Å². The maximum atomic E-state index is 5.62. The fourth-order valence-electron chi connectivity index (χ4n) is 1.76. The van der Waals surface area contributed by atoms with Gasteiger partial charge in [0.15, 0.2) is 0 Å². The van der Waals surface area contributed by atoms with E-state index >= 15 is 0 Å². The summed E-state index contributed by atoms with van der Waals surface area (Å²) in [6.45, 7) is 3.71. The lowest BCUT2D eigenvalue weighted by molar-refractivity contribution is 0.0149. The number of ether oxygens (including phenoxy) is 2. The zero-order chi connectivity index (χ0) is 10.7. The molecule has 1 aromatic carbocycles. The van der Waals surface area contributed by atoms with Crippen molar-refractivity contribution in [2.45, 2.75) is 19.1 Å². The molecule has 0 aliphatic carbocycles. The molecule has 0 bridgehead atoms. The molecule has 1 aromatic rings. The van der Waals surface area contributed by atoms with Crippen LogP contribution < -0.4 is 10.1 Å². The second kappa shape index (κ2) is 4.64. The summed E-state index contributed by atoms with van der Waals surface area (Å²) in [5.74, 6) is 0.896. The molecule has 2 unspecified atom stereocenters. The van der Waals surface area contributed by atoms with Gasteiger partial charge < -0.3 is 14.8 Å². The summed E-state index contributed by atoms with van der Waals surface area (Å²) in [6.07, 6.45) is 0.312. The van der Waals surface area contributed by atoms with E-state index in [9.17, 15) is 0 Å². The van der Waals surface area contributed by atoms with Crippen molar-refractivity contribution in [3.05, 3.63) is 29.8 Å². The van der Waals surface area contributed by atoms with Crippen LogP contribution in [0.2, 0.25) is 0 Å². The molecule has 82 valence electrons. The summed E-state index contributed by atoms with van der Waals surface area (Å²) in [7, 11) is 1.69. The fourth-order valence-corrected chi connectivity index (χ4v) is 1.76. The van der Waals surface area contributed by atoms with Gasteiger partial charge in [0, 0.05) is 6.54 Å². The maximum absolute atomic E-state index is 5.62. The molecule has 1 aliphatic rings. The number of benzene rings is 1. The Balaban J connectivity index is 2.08. The third-order valence-corrected chi connectivity index (χ3v) is 2.70. The predicted octanol–water partition coefficient (Wildman–Crippen LogP) is 1.74. The molecule has 2 rings (SSSR count). The van der Waals surface area contributed by atoms with E-state index in [1.807, 2.05) is 12.1 Å². The van der Waals surface area contributed by atoms with Gasteiger partial charge in [-0.3, -0.25) is 0 Å². The molecule has 1 saturated heterocycles. The Morgan fingerprint density at radius 2 is 2.33 bits per heavy atom. The van der Waals surface area contributed by atoms with E-state index in [0.717, 1.165) is 18.9 Å². The zero-order valence-electron chi connectivity index (χ0n) is 9.19. The van der Waals surface area contributed by atoms with Gasteiger partial charge >= 0.3 is 0 Å². The van der Waals surface area contributed by atoms with Crippen LogP contribution in [0.4, 0.5) is 0 Å². The van der Waals surface area contributed by atoms with Crippen LogP contribution >= 0.6 is 0 Å². The summed E-state index contributed by atoms with van der Waals surface area (Å²) < 4.78 is 10.8. The number of morpholine rings is 1. The van der Waals surface area contributed by atoms with Crippen LogP contribution in [-0.4, -0.2) is 26.4 Å². The molecule has 0 saturated carbocycles. The van der Waals surface area contributed by atoms with Gasteiger partial charge in [0.05, 0.1) is 25.9 Å². The number of methoxy groups -OCH3 is 1. The average molecular weight is 207 g/mol. The number of rotatable bonds is 2. The largest absolute Gasteiger partial charge is 0.497 e. The molecule has 1 heterocycles. The number of nitrogens with one attached hydrogen (secondary N) is 1. The molecule has 1 N–H and O–H groups in total. The van der Waals surface area contributed by atoms with Crippen molar-refractivity contribution < 1.29 is 9.47 Å². The SMILES string of the molecule is COc1cccc(C2COC(C)CN2)c1. The predicted molar refractivity (Wildman–Crippen MR) is 59.2 cm³/mol. The van der Waals surface area contributed by atoms with Crippen LogP contribution in [0.1, 0.15) is 18.5 Å². The topological polar surface area (TPSA) is 30.5 Å². The zero-order valence-corrected chi connectivity index (χ0v) is 9.19. The van der Waals surface area contributed by atoms with Gasteiger partial charge in [-0.2, -0.15) is 0 Å². The third-order valence-electron chi connectivity index (χ3n) is 2.70. The van der Waals surface area contributed by atoms with Crippen molar-refractivity contribution in [1.29, 1.82) is 0 Å². The first-order chi connectivity index (χ1) is 7.29. The van der Waals surface area contributed by atoms with E-state index in [-0.39, 0.29) is 6.04 Å². The van der Waals surface area contributed by atoms with Crippen molar-refractivity contribution in [2.75, 3.05) is 20.3 Å². The average Bonchev–Trinajstić information content (AvgIpc) is 2.30. The van der Waals surface area contributed by atoms with Crippen molar-refractivity contribution >= 4 is 0 Å². The summed E-state index contributed by atoms with van der Waals surface area (Å²) in [4.78, 5) is 0. The summed E-state index contributed by atoms with van der Waals surface area (Å²) in [5.41, 5.74) is 1.22. The number of hydrogen-bond donors (Lipinski definition) is 1. The molecule has 0 spiro atoms. The Kier molecular flexibility index (Phi) is 3.23. The van der Waals surface area contributed by atoms with E-state index in [2.05, 4.69) is 24.4 Å². The standard InChI is InChI=1S/C12H17NO2/c1-9-7-13-12(8-15-9)10-4-3-5-11(6-10)14-2/h3-6,9,12-13H,7-8H2,1-2H3. The third kappa shape index (κ3) is 2.49. The molecule has 3 nitrogen and oxygen atoms in total. The molecule has 0 amide bonds. The summed E-state index contributed by atoms with van der Waals surface area (Å²) in [6, 6.07) is 8.40. The van der Waals surface area contributed by atoms with E-state index in [4.69, 9.17) is 9.47 Å². The molecule has 2 atom stereocenters. The van der Waals surface area contributed by atoms with Gasteiger partial charge in [-0.15, -0.1) is 0 Å². The molecule has 15 heavy (non-hydrogen) atoms. The minimum atomic E-state index is 0.288. The Morgan fingerprint density at radius 3 is 3.00 bits per heavy atom. The van der Waals surface area contributed by atoms with Gasteiger partial charge in [0.25, 0.3) is 0 Å². The quantitative estimate of drug-likeness (QED) is 0.801. The molecule has 3 heteroatoms. The van der Waals surface area contributed by atoms with Crippen LogP contribution in [0.25, 0.3) is 0 Å². The van der Waals surface area contributed by atoms with E-state index in [0.29, 0.717) is 6.10 Å². The van der Waals surface area contributed by atoms with E-state index in [1.54, 1.807) is 7.11 Å². The molecule has 0 aromatic heterocycles. The normalized spacial score (nSPS) is 26.3. The summed E-state index contributed by atoms with van der Waals surface area (Å²) in [5, 5.41) is 3.46. The smallest absolute Gasteiger partial charge is 0.119 e. The fraction of sp³-hybridized carbons (Fsp3) is 0.500. The number of hydrogen-bond acceptors (Lipinski definition) is 3. The molecule has 1 aliphatic heterocycles. The Labute approximate surface area is 90.4 Å². The first kappa shape index (κ1) is 10.5. The lowest BCUT2D eigenvalue weighted by Crippen LogP contribution is -2.39. The molecule has 0 radical (unpaired) electrons. The van der Waals surface area contributed by atoms with Crippen molar-refractivity contribution in [2.24, 2.45) is 0 Å². The minimum Gasteiger partial charge on any atom is -0.497 e. The minimum absolute atomic E-state index is 0.288. The lowest BCUT2D eigenvalue weighted by atomic mass is 10.1. The van der Waals surface area contributed by atoms with Gasteiger partial charge in [-0.1, -0.05) is 12.1 Å². The van der Waals surface area contributed by atoms with E-state index in [1.165, 1.54) is 5.56 Å². The molecular formula is C12H17NO2. The highest BCUT2D eigenvalue weighted by molar-refractivity contribution is 5.30. The highest BCUT2D eigenvalue weighted by atomic mass is 16.5. The van der Waals surface area contributed by atoms with Crippen LogP contribution in [0.3, 0.4) is 0 Å². The van der Waals surface area contributed by atoms with Gasteiger partial charge in [-0.25, -0.2) is 0 Å². The Morgan fingerprint density at radius 1 is 1.47 bits per heavy atom. The van der Waals surface area contributed by atoms with Crippen LogP contribution in [0, 0.1) is 0 Å². The van der Waals surface area contributed by atoms with Gasteiger partial charge in [0.2, 0.25) is 0 Å². The van der Waals surface area contributed by atoms with Gasteiger partial charge in [-0.05, 0) is 24.6 Å². The first-order valence-electron chi connectivity index (χ1n) is 5.28. The lowest BCUT2D eigenvalue weighted by Gasteiger charge is -2.28. The van der Waals surface area contributed by atoms with Crippen molar-refractivity contribution in [1.82, 2.24) is 5.32 Å². The second-order valence-corrected chi connectivity index (χ2v) is 3.88. The maximum Gasteiger partial charge on any atom is 0.119 e. The van der Waals surface area contributed by atoms with Crippen molar-refractivity contribution in [3.8, 4) is 5.75 Å². The summed E-state index contributed by atoms with van der Waals surface area (Å²) >= 11 is 0. The monoisotopic (exact) mass is 207 g/mol. The Bertz CT molecular complexity index is 319. The highest BCUT2D eigenvalue weighted by Crippen LogP contribution is 2.21. The van der Waals surface area contributed by atoms with Crippen LogP contribution in [0.15, 0.2) is 24.3 Å². The highest BCUT2D eigenvalue weighted by Gasteiger charge is 2.19. The van der Waals surface area contributed by atoms with Gasteiger partial charge in [0.1, 0.15) is 5.75 Å². The van der Waals surface area contributed by atoms with Crippen molar-refractivity contribution in [3.63, 3.8) is 0 Å². The Hall–Kier alpha value is -1.06. The second-order valence-electron chi connectivity index (χ2n) is 3.88. The molecular weight excluding hydrogens is 190 g/mol.